The van der Waals surface area contributed by atoms with Crippen LogP contribution in [0.1, 0.15) is 5.56 Å². The number of carbonyl (C=O) groups excluding carboxylic acids is 1. The molecule has 2 aromatic carbocycles. The van der Waals surface area contributed by atoms with Gasteiger partial charge < -0.3 is 19.7 Å². The van der Waals surface area contributed by atoms with E-state index < -0.39 is 0 Å². The summed E-state index contributed by atoms with van der Waals surface area (Å²) in [6.45, 7) is 4.00. The Kier molecular flexibility index (Phi) is 7.36. The van der Waals surface area contributed by atoms with E-state index in [4.69, 9.17) is 9.47 Å². The highest BCUT2D eigenvalue weighted by Crippen LogP contribution is 2.27. The number of nitrogens with one attached hydrogen (secondary N) is 1. The van der Waals surface area contributed by atoms with Gasteiger partial charge in [0, 0.05) is 32.7 Å². The highest BCUT2D eigenvalue weighted by atomic mass is 16.5. The first kappa shape index (κ1) is 22.5. The molecule has 0 bridgehead atoms. The molecule has 0 aliphatic carbocycles. The first-order chi connectivity index (χ1) is 16.2. The number of benzene rings is 2. The Balaban J connectivity index is 1.22. The summed E-state index contributed by atoms with van der Waals surface area (Å²) in [7, 11) is 3.23. The van der Waals surface area contributed by atoms with E-state index in [1.807, 2.05) is 48.5 Å². The number of para-hydroxylation sites is 1. The second kappa shape index (κ2) is 10.8. The molecule has 3 aromatic rings. The third-order valence-corrected chi connectivity index (χ3v) is 5.66. The second-order valence-corrected chi connectivity index (χ2v) is 7.78. The van der Waals surface area contributed by atoms with Crippen molar-refractivity contribution in [2.75, 3.05) is 58.4 Å². The third-order valence-electron chi connectivity index (χ3n) is 5.66. The number of methoxy groups -OCH3 is 2. The number of rotatable bonds is 9. The summed E-state index contributed by atoms with van der Waals surface area (Å²) in [6.07, 6.45) is 0.724. The fourth-order valence-electron chi connectivity index (χ4n) is 3.86. The van der Waals surface area contributed by atoms with Gasteiger partial charge in [-0.15, -0.1) is 0 Å². The van der Waals surface area contributed by atoms with Crippen molar-refractivity contribution >= 4 is 11.9 Å². The molecule has 4 rings (SSSR count). The van der Waals surface area contributed by atoms with Gasteiger partial charge in [-0.25, -0.2) is 0 Å². The first-order valence-electron chi connectivity index (χ1n) is 11.0. The Hall–Kier alpha value is -3.66. The van der Waals surface area contributed by atoms with Crippen molar-refractivity contribution in [3.8, 4) is 17.2 Å². The zero-order chi connectivity index (χ0) is 23.0. The van der Waals surface area contributed by atoms with Gasteiger partial charge in [0.2, 0.25) is 11.9 Å². The lowest BCUT2D eigenvalue weighted by molar-refractivity contribution is -0.122. The van der Waals surface area contributed by atoms with Gasteiger partial charge in [-0.3, -0.25) is 9.69 Å². The van der Waals surface area contributed by atoms with Crippen LogP contribution in [0.4, 0.5) is 5.95 Å². The zero-order valence-electron chi connectivity index (χ0n) is 19.0. The summed E-state index contributed by atoms with van der Waals surface area (Å²) in [4.78, 5) is 16.7. The summed E-state index contributed by atoms with van der Waals surface area (Å²) in [5, 5.41) is 15.2. The van der Waals surface area contributed by atoms with Gasteiger partial charge in [-0.05, 0) is 46.7 Å². The molecule has 0 radical (unpaired) electrons. The summed E-state index contributed by atoms with van der Waals surface area (Å²) in [6, 6.07) is 15.6. The fourth-order valence-corrected chi connectivity index (χ4v) is 3.86. The number of hydrogen-bond donors (Lipinski definition) is 1. The van der Waals surface area contributed by atoms with E-state index in [0.29, 0.717) is 24.6 Å². The highest BCUT2D eigenvalue weighted by Gasteiger charge is 2.23. The molecular weight excluding hydrogens is 422 g/mol. The molecule has 1 saturated heterocycles. The zero-order valence-corrected chi connectivity index (χ0v) is 19.0. The molecule has 1 aromatic heterocycles. The molecule has 1 aliphatic rings. The Morgan fingerprint density at radius 3 is 2.48 bits per heavy atom. The summed E-state index contributed by atoms with van der Waals surface area (Å²) in [5.74, 6) is 2.14. The number of hydrogen-bond acceptors (Lipinski definition) is 8. The monoisotopic (exact) mass is 451 g/mol. The van der Waals surface area contributed by atoms with Crippen molar-refractivity contribution in [3.05, 3.63) is 54.1 Å². The molecule has 10 heteroatoms. The largest absolute Gasteiger partial charge is 0.493 e. The van der Waals surface area contributed by atoms with Crippen LogP contribution >= 0.6 is 0 Å². The molecule has 0 atom stereocenters. The molecule has 33 heavy (non-hydrogen) atoms. The van der Waals surface area contributed by atoms with Crippen molar-refractivity contribution in [2.45, 2.75) is 6.42 Å². The summed E-state index contributed by atoms with van der Waals surface area (Å²) >= 11 is 0. The number of anilines is 1. The van der Waals surface area contributed by atoms with Gasteiger partial charge in [0.1, 0.15) is 0 Å². The van der Waals surface area contributed by atoms with Crippen molar-refractivity contribution in [2.24, 2.45) is 0 Å². The summed E-state index contributed by atoms with van der Waals surface area (Å²) in [5.41, 5.74) is 2.01. The maximum Gasteiger partial charge on any atom is 0.250 e. The molecular formula is C23H29N7O3. The normalized spacial score (nSPS) is 14.2. The Labute approximate surface area is 193 Å². The SMILES string of the molecule is COc1ccc(CCNC(=O)CN2CCN(c3nnnn3-c3ccccc3)CC2)cc1OC. The molecule has 0 saturated carbocycles. The average Bonchev–Trinajstić information content (AvgIpc) is 3.35. The predicted molar refractivity (Wildman–Crippen MR) is 124 cm³/mol. The van der Waals surface area contributed by atoms with E-state index >= 15 is 0 Å². The molecule has 174 valence electrons. The van der Waals surface area contributed by atoms with E-state index in [1.165, 1.54) is 0 Å². The van der Waals surface area contributed by atoms with Crippen molar-refractivity contribution in [1.29, 1.82) is 0 Å². The van der Waals surface area contributed by atoms with E-state index in [1.54, 1.807) is 18.9 Å². The Morgan fingerprint density at radius 2 is 1.76 bits per heavy atom. The van der Waals surface area contributed by atoms with Crippen LogP contribution in [0.2, 0.25) is 0 Å². The van der Waals surface area contributed by atoms with Crippen molar-refractivity contribution in [3.63, 3.8) is 0 Å². The average molecular weight is 452 g/mol. The minimum atomic E-state index is 0.0260. The molecule has 10 nitrogen and oxygen atoms in total. The predicted octanol–water partition coefficient (Wildman–Crippen LogP) is 1.16. The number of nitrogens with zero attached hydrogens (tertiary/aromatic N) is 6. The van der Waals surface area contributed by atoms with Gasteiger partial charge in [0.25, 0.3) is 0 Å². The number of ether oxygens (including phenoxy) is 2. The molecule has 1 fully saturated rings. The maximum absolute atomic E-state index is 12.4. The van der Waals surface area contributed by atoms with Crippen LogP contribution in [0.15, 0.2) is 48.5 Å². The summed E-state index contributed by atoms with van der Waals surface area (Å²) < 4.78 is 12.3. The van der Waals surface area contributed by atoms with Crippen LogP contribution < -0.4 is 19.7 Å². The first-order valence-corrected chi connectivity index (χ1v) is 11.0. The lowest BCUT2D eigenvalue weighted by Crippen LogP contribution is -2.50. The van der Waals surface area contributed by atoms with E-state index in [0.717, 1.165) is 49.8 Å². The van der Waals surface area contributed by atoms with Crippen LogP contribution in [-0.4, -0.2) is 84.5 Å². The topological polar surface area (TPSA) is 97.6 Å². The number of amides is 1. The van der Waals surface area contributed by atoms with E-state index in [-0.39, 0.29) is 5.91 Å². The lowest BCUT2D eigenvalue weighted by atomic mass is 10.1. The molecule has 0 spiro atoms. The number of aromatic nitrogens is 4. The van der Waals surface area contributed by atoms with Gasteiger partial charge >= 0.3 is 0 Å². The molecule has 0 unspecified atom stereocenters. The van der Waals surface area contributed by atoms with Gasteiger partial charge in [0.15, 0.2) is 11.5 Å². The smallest absolute Gasteiger partial charge is 0.250 e. The highest BCUT2D eigenvalue weighted by molar-refractivity contribution is 5.78. The molecule has 1 aliphatic heterocycles. The minimum absolute atomic E-state index is 0.0260. The van der Waals surface area contributed by atoms with Gasteiger partial charge in [0.05, 0.1) is 26.5 Å². The van der Waals surface area contributed by atoms with Crippen molar-refractivity contribution < 1.29 is 14.3 Å². The molecule has 1 N–H and O–H groups in total. The van der Waals surface area contributed by atoms with Gasteiger partial charge in [-0.2, -0.15) is 4.68 Å². The number of piperazine rings is 1. The van der Waals surface area contributed by atoms with Crippen molar-refractivity contribution in [1.82, 2.24) is 30.4 Å². The standard InChI is InChI=1S/C23H29N7O3/c1-32-20-9-8-18(16-21(20)33-2)10-11-24-22(31)17-28-12-14-29(15-13-28)23-25-26-27-30(23)19-6-4-3-5-7-19/h3-9,16H,10-15,17H2,1-2H3,(H,24,31). The van der Waals surface area contributed by atoms with E-state index in [9.17, 15) is 4.79 Å². The Morgan fingerprint density at radius 1 is 1.00 bits per heavy atom. The second-order valence-electron chi connectivity index (χ2n) is 7.78. The number of tetrazole rings is 1. The van der Waals surface area contributed by atoms with Crippen LogP contribution in [0.3, 0.4) is 0 Å². The lowest BCUT2D eigenvalue weighted by Gasteiger charge is -2.34. The Bertz CT molecular complexity index is 1050. The number of carbonyl (C=O) groups is 1. The molecule has 2 heterocycles. The third kappa shape index (κ3) is 5.58. The fraction of sp³-hybridized carbons (Fsp3) is 0.391. The quantitative estimate of drug-likeness (QED) is 0.518. The van der Waals surface area contributed by atoms with Crippen LogP contribution in [0.25, 0.3) is 5.69 Å². The minimum Gasteiger partial charge on any atom is -0.493 e. The van der Waals surface area contributed by atoms with Crippen LogP contribution in [-0.2, 0) is 11.2 Å². The van der Waals surface area contributed by atoms with Crippen LogP contribution in [0, 0.1) is 0 Å². The van der Waals surface area contributed by atoms with Gasteiger partial charge in [-0.1, -0.05) is 29.4 Å². The maximum atomic E-state index is 12.4. The van der Waals surface area contributed by atoms with Crippen LogP contribution in [0.5, 0.6) is 11.5 Å². The molecule has 1 amide bonds. The van der Waals surface area contributed by atoms with E-state index in [2.05, 4.69) is 30.6 Å².